The van der Waals surface area contributed by atoms with Crippen LogP contribution in [-0.2, 0) is 6.42 Å². The van der Waals surface area contributed by atoms with Gasteiger partial charge in [-0.1, -0.05) is 6.92 Å². The highest BCUT2D eigenvalue weighted by atomic mass is 19.3. The molecule has 0 unspecified atom stereocenters. The van der Waals surface area contributed by atoms with Gasteiger partial charge in [-0.25, -0.2) is 32.5 Å². The van der Waals surface area contributed by atoms with E-state index in [0.29, 0.717) is 24.2 Å². The number of hydrogen-bond donors (Lipinski definition) is 4. The van der Waals surface area contributed by atoms with Crippen molar-refractivity contribution in [2.45, 2.75) is 58.5 Å². The Hall–Kier alpha value is -2.50. The summed E-state index contributed by atoms with van der Waals surface area (Å²) in [6, 6.07) is 0. The summed E-state index contributed by atoms with van der Waals surface area (Å²) in [6.07, 6.45) is -3.85. The average molecular weight is 433 g/mol. The van der Waals surface area contributed by atoms with Gasteiger partial charge in [-0.3, -0.25) is 0 Å². The summed E-state index contributed by atoms with van der Waals surface area (Å²) >= 11 is 0. The van der Waals surface area contributed by atoms with Crippen molar-refractivity contribution in [1.29, 1.82) is 0 Å². The van der Waals surface area contributed by atoms with E-state index in [4.69, 9.17) is 0 Å². The molecule has 0 spiro atoms. The van der Waals surface area contributed by atoms with Crippen LogP contribution in [0.4, 0.5) is 35.3 Å². The van der Waals surface area contributed by atoms with Gasteiger partial charge in [0.15, 0.2) is 5.82 Å². The number of hydrogen-bond acceptors (Lipinski definition) is 8. The van der Waals surface area contributed by atoms with E-state index in [-0.39, 0.29) is 29.7 Å². The number of aromatic nitrogens is 4. The highest BCUT2D eigenvalue weighted by Crippen LogP contribution is 2.26. The van der Waals surface area contributed by atoms with Gasteiger partial charge in [0.2, 0.25) is 11.9 Å². The summed E-state index contributed by atoms with van der Waals surface area (Å²) < 4.78 is 50.5. The van der Waals surface area contributed by atoms with Crippen molar-refractivity contribution in [3.8, 4) is 0 Å². The van der Waals surface area contributed by atoms with Crippen LogP contribution in [0.1, 0.15) is 39.3 Å². The molecule has 0 aliphatic carbocycles. The lowest BCUT2D eigenvalue weighted by atomic mass is 10.0. The second kappa shape index (κ2) is 10.5. The summed E-state index contributed by atoms with van der Waals surface area (Å²) in [5.41, 5.74) is -0.0299. The fourth-order valence-electron chi connectivity index (χ4n) is 2.53. The Labute approximate surface area is 171 Å². The molecular formula is C18H27F4N7O. The zero-order chi connectivity index (χ0) is 22.3. The number of halogens is 4. The maximum absolute atomic E-state index is 12.6. The largest absolute Gasteiger partial charge is 0.390 e. The standard InChI is InChI=1S/C18H27F4N7O/c1-4-7-23-15-14-13(27-17(29-15)25-9-12(21)22)10(5-6-18(2,3)30)26-16(28-14)24-8-11(19)20/h11-12,30H,4-9H2,1-3H3,(H,24,26,28)(H2,23,25,27,29). The molecule has 0 bridgehead atoms. The lowest BCUT2D eigenvalue weighted by Crippen LogP contribution is -2.21. The predicted octanol–water partition coefficient (Wildman–Crippen LogP) is 3.30. The molecule has 0 radical (unpaired) electrons. The third kappa shape index (κ3) is 7.39. The number of nitrogens with zero attached hydrogens (tertiary/aromatic N) is 4. The summed E-state index contributed by atoms with van der Waals surface area (Å²) in [5, 5.41) is 18.1. The van der Waals surface area contributed by atoms with Crippen LogP contribution in [0.2, 0.25) is 0 Å². The molecule has 0 amide bonds. The minimum atomic E-state index is -2.60. The minimum Gasteiger partial charge on any atom is -0.390 e. The van der Waals surface area contributed by atoms with Crippen LogP contribution >= 0.6 is 0 Å². The van der Waals surface area contributed by atoms with Crippen molar-refractivity contribution in [1.82, 2.24) is 19.9 Å². The van der Waals surface area contributed by atoms with Gasteiger partial charge in [-0.15, -0.1) is 0 Å². The summed E-state index contributed by atoms with van der Waals surface area (Å²) in [5.74, 6) is 0.235. The van der Waals surface area contributed by atoms with E-state index < -0.39 is 31.5 Å². The first-order valence-corrected chi connectivity index (χ1v) is 9.68. The van der Waals surface area contributed by atoms with Gasteiger partial charge in [0.05, 0.1) is 24.4 Å². The number of fused-ring (bicyclic) bond motifs is 1. The molecular weight excluding hydrogens is 406 g/mol. The fourth-order valence-corrected chi connectivity index (χ4v) is 2.53. The van der Waals surface area contributed by atoms with E-state index in [1.807, 2.05) is 6.92 Å². The molecule has 2 aromatic rings. The molecule has 0 atom stereocenters. The van der Waals surface area contributed by atoms with Crippen LogP contribution in [0.3, 0.4) is 0 Å². The van der Waals surface area contributed by atoms with E-state index in [2.05, 4.69) is 35.9 Å². The fraction of sp³-hybridized carbons (Fsp3) is 0.667. The van der Waals surface area contributed by atoms with Crippen LogP contribution in [0, 0.1) is 0 Å². The first kappa shape index (κ1) is 23.8. The lowest BCUT2D eigenvalue weighted by molar-refractivity contribution is 0.0712. The summed E-state index contributed by atoms with van der Waals surface area (Å²) in [6.45, 7) is 4.46. The number of aliphatic hydroxyl groups is 1. The quantitative estimate of drug-likeness (QED) is 0.378. The Kier molecular flexibility index (Phi) is 8.33. The Morgan fingerprint density at radius 1 is 0.867 bits per heavy atom. The Balaban J connectivity index is 2.55. The highest BCUT2D eigenvalue weighted by Gasteiger charge is 2.20. The Morgan fingerprint density at radius 3 is 1.97 bits per heavy atom. The molecule has 30 heavy (non-hydrogen) atoms. The molecule has 0 aliphatic rings. The van der Waals surface area contributed by atoms with Crippen LogP contribution < -0.4 is 16.0 Å². The molecule has 0 aromatic carbocycles. The molecule has 2 rings (SSSR count). The maximum atomic E-state index is 12.6. The third-order valence-corrected chi connectivity index (χ3v) is 3.96. The molecule has 168 valence electrons. The van der Waals surface area contributed by atoms with Crippen molar-refractivity contribution in [3.05, 3.63) is 5.69 Å². The second-order valence-corrected chi connectivity index (χ2v) is 7.37. The van der Waals surface area contributed by atoms with E-state index in [1.165, 1.54) is 0 Å². The molecule has 0 fully saturated rings. The topological polar surface area (TPSA) is 108 Å². The first-order chi connectivity index (χ1) is 14.1. The maximum Gasteiger partial charge on any atom is 0.255 e. The number of alkyl halides is 4. The van der Waals surface area contributed by atoms with Crippen molar-refractivity contribution < 1.29 is 22.7 Å². The number of rotatable bonds is 12. The van der Waals surface area contributed by atoms with Crippen molar-refractivity contribution >= 4 is 28.7 Å². The van der Waals surface area contributed by atoms with E-state index in [9.17, 15) is 22.7 Å². The minimum absolute atomic E-state index is 0.0232. The third-order valence-electron chi connectivity index (χ3n) is 3.96. The van der Waals surface area contributed by atoms with Crippen LogP contribution in [0.5, 0.6) is 0 Å². The first-order valence-electron chi connectivity index (χ1n) is 9.68. The van der Waals surface area contributed by atoms with Gasteiger partial charge in [0.25, 0.3) is 12.9 Å². The van der Waals surface area contributed by atoms with Gasteiger partial charge in [-0.05, 0) is 33.1 Å². The molecule has 4 N–H and O–H groups in total. The van der Waals surface area contributed by atoms with Gasteiger partial charge in [0.1, 0.15) is 11.0 Å². The van der Waals surface area contributed by atoms with E-state index >= 15 is 0 Å². The Morgan fingerprint density at radius 2 is 1.43 bits per heavy atom. The van der Waals surface area contributed by atoms with E-state index in [1.54, 1.807) is 13.8 Å². The van der Waals surface area contributed by atoms with Gasteiger partial charge in [0, 0.05) is 6.54 Å². The molecule has 0 saturated carbocycles. The number of anilines is 3. The van der Waals surface area contributed by atoms with Crippen LogP contribution in [-0.4, -0.2) is 63.1 Å². The second-order valence-electron chi connectivity index (χ2n) is 7.37. The zero-order valence-electron chi connectivity index (χ0n) is 17.1. The van der Waals surface area contributed by atoms with Gasteiger partial charge < -0.3 is 21.1 Å². The molecule has 2 aromatic heterocycles. The lowest BCUT2D eigenvalue weighted by Gasteiger charge is -2.18. The predicted molar refractivity (Wildman–Crippen MR) is 108 cm³/mol. The summed E-state index contributed by atoms with van der Waals surface area (Å²) in [7, 11) is 0. The van der Waals surface area contributed by atoms with Gasteiger partial charge >= 0.3 is 0 Å². The summed E-state index contributed by atoms with van der Waals surface area (Å²) in [4.78, 5) is 17.0. The normalized spacial score (nSPS) is 12.1. The average Bonchev–Trinajstić information content (AvgIpc) is 2.66. The molecule has 2 heterocycles. The molecule has 0 aliphatic heterocycles. The number of aryl methyl sites for hydroxylation is 1. The number of nitrogens with one attached hydrogen (secondary N) is 3. The zero-order valence-corrected chi connectivity index (χ0v) is 17.1. The molecule has 0 saturated heterocycles. The SMILES string of the molecule is CCCNc1nc(NCC(F)F)nc2c(CCC(C)(C)O)nc(NCC(F)F)nc12. The van der Waals surface area contributed by atoms with Crippen molar-refractivity contribution in [2.24, 2.45) is 0 Å². The highest BCUT2D eigenvalue weighted by molar-refractivity contribution is 5.88. The van der Waals surface area contributed by atoms with Gasteiger partial charge in [-0.2, -0.15) is 4.98 Å². The van der Waals surface area contributed by atoms with Crippen molar-refractivity contribution in [3.63, 3.8) is 0 Å². The monoisotopic (exact) mass is 433 g/mol. The van der Waals surface area contributed by atoms with Crippen LogP contribution in [0.25, 0.3) is 11.0 Å². The molecule has 12 heteroatoms. The van der Waals surface area contributed by atoms with E-state index in [0.717, 1.165) is 6.42 Å². The Bertz CT molecular complexity index is 830. The molecule has 8 nitrogen and oxygen atoms in total. The van der Waals surface area contributed by atoms with Crippen molar-refractivity contribution in [2.75, 3.05) is 35.6 Å². The van der Waals surface area contributed by atoms with Crippen LogP contribution in [0.15, 0.2) is 0 Å². The smallest absolute Gasteiger partial charge is 0.255 e.